The SMILES string of the molecule is Fc1cccc(C#Cc2ccc(-c3noc(C4CCCN4CCC(F)(F)F)n3)nc2)c1. The average molecular weight is 430 g/mol. The number of rotatable bonds is 4. The van der Waals surface area contributed by atoms with Crippen LogP contribution in [0, 0.1) is 17.7 Å². The Balaban J connectivity index is 1.44. The van der Waals surface area contributed by atoms with Gasteiger partial charge in [0, 0.05) is 23.9 Å². The second kappa shape index (κ2) is 8.86. The Morgan fingerprint density at radius 3 is 2.71 bits per heavy atom. The first-order valence-corrected chi connectivity index (χ1v) is 9.76. The van der Waals surface area contributed by atoms with Crippen molar-refractivity contribution >= 4 is 0 Å². The summed E-state index contributed by atoms with van der Waals surface area (Å²) in [6, 6.07) is 9.08. The number of likely N-dealkylation sites (tertiary alicyclic amines) is 1. The summed E-state index contributed by atoms with van der Waals surface area (Å²) in [7, 11) is 0. The third kappa shape index (κ3) is 5.47. The summed E-state index contributed by atoms with van der Waals surface area (Å²) < 4.78 is 56.2. The van der Waals surface area contributed by atoms with Crippen molar-refractivity contribution in [1.82, 2.24) is 20.0 Å². The van der Waals surface area contributed by atoms with Gasteiger partial charge in [0.25, 0.3) is 0 Å². The van der Waals surface area contributed by atoms with Crippen molar-refractivity contribution in [3.05, 3.63) is 65.4 Å². The van der Waals surface area contributed by atoms with Crippen LogP contribution in [0.2, 0.25) is 0 Å². The van der Waals surface area contributed by atoms with Gasteiger partial charge in [-0.25, -0.2) is 4.39 Å². The van der Waals surface area contributed by atoms with Crippen molar-refractivity contribution in [3.8, 4) is 23.4 Å². The summed E-state index contributed by atoms with van der Waals surface area (Å²) in [5.41, 5.74) is 1.65. The Labute approximate surface area is 176 Å². The Kier molecular flexibility index (Phi) is 6.00. The zero-order chi connectivity index (χ0) is 21.8. The van der Waals surface area contributed by atoms with Crippen LogP contribution >= 0.6 is 0 Å². The quantitative estimate of drug-likeness (QED) is 0.441. The lowest BCUT2D eigenvalue weighted by Gasteiger charge is -2.21. The maximum atomic E-state index is 13.2. The van der Waals surface area contributed by atoms with E-state index in [1.165, 1.54) is 12.1 Å². The Hall–Kier alpha value is -3.25. The predicted molar refractivity (Wildman–Crippen MR) is 104 cm³/mol. The van der Waals surface area contributed by atoms with E-state index >= 15 is 0 Å². The third-order valence-corrected chi connectivity index (χ3v) is 4.94. The van der Waals surface area contributed by atoms with Crippen molar-refractivity contribution in [1.29, 1.82) is 0 Å². The minimum absolute atomic E-state index is 0.0944. The molecule has 5 nitrogen and oxygen atoms in total. The summed E-state index contributed by atoms with van der Waals surface area (Å²) in [6.07, 6.45) is -2.08. The zero-order valence-corrected chi connectivity index (χ0v) is 16.4. The summed E-state index contributed by atoms with van der Waals surface area (Å²) >= 11 is 0. The molecule has 0 radical (unpaired) electrons. The predicted octanol–water partition coefficient (Wildman–Crippen LogP) is 4.76. The fourth-order valence-corrected chi connectivity index (χ4v) is 3.43. The first-order valence-electron chi connectivity index (χ1n) is 9.76. The van der Waals surface area contributed by atoms with Crippen molar-refractivity contribution in [2.24, 2.45) is 0 Å². The molecule has 3 aromatic rings. The van der Waals surface area contributed by atoms with Gasteiger partial charge in [-0.1, -0.05) is 23.1 Å². The largest absolute Gasteiger partial charge is 0.390 e. The van der Waals surface area contributed by atoms with E-state index in [0.717, 1.165) is 6.42 Å². The van der Waals surface area contributed by atoms with Crippen LogP contribution in [0.25, 0.3) is 11.5 Å². The number of pyridine rings is 1. The molecule has 1 aromatic carbocycles. The molecule has 160 valence electrons. The normalized spacial score (nSPS) is 16.8. The summed E-state index contributed by atoms with van der Waals surface area (Å²) in [5, 5.41) is 3.93. The molecular formula is C22H18F4N4O. The van der Waals surface area contributed by atoms with Crippen LogP contribution in [-0.4, -0.2) is 39.3 Å². The highest BCUT2D eigenvalue weighted by Gasteiger charge is 2.34. The van der Waals surface area contributed by atoms with E-state index in [-0.39, 0.29) is 24.2 Å². The van der Waals surface area contributed by atoms with Crippen molar-refractivity contribution in [2.45, 2.75) is 31.5 Å². The highest BCUT2D eigenvalue weighted by Crippen LogP contribution is 2.33. The molecular weight excluding hydrogens is 412 g/mol. The van der Waals surface area contributed by atoms with Gasteiger partial charge in [-0.2, -0.15) is 18.2 Å². The number of aromatic nitrogens is 3. The lowest BCUT2D eigenvalue weighted by molar-refractivity contribution is -0.138. The number of alkyl halides is 3. The van der Waals surface area contributed by atoms with E-state index < -0.39 is 12.6 Å². The van der Waals surface area contributed by atoms with Gasteiger partial charge in [-0.3, -0.25) is 9.88 Å². The molecule has 0 aliphatic carbocycles. The van der Waals surface area contributed by atoms with E-state index in [1.54, 1.807) is 35.4 Å². The van der Waals surface area contributed by atoms with Gasteiger partial charge in [0.05, 0.1) is 12.5 Å². The molecule has 0 spiro atoms. The zero-order valence-electron chi connectivity index (χ0n) is 16.4. The van der Waals surface area contributed by atoms with E-state index in [9.17, 15) is 17.6 Å². The molecule has 1 saturated heterocycles. The van der Waals surface area contributed by atoms with Crippen LogP contribution in [0.15, 0.2) is 47.1 Å². The number of hydrogen-bond acceptors (Lipinski definition) is 5. The lowest BCUT2D eigenvalue weighted by atomic mass is 10.2. The number of hydrogen-bond donors (Lipinski definition) is 0. The highest BCUT2D eigenvalue weighted by molar-refractivity contribution is 5.51. The third-order valence-electron chi connectivity index (χ3n) is 4.94. The molecule has 1 atom stereocenters. The molecule has 0 amide bonds. The molecule has 9 heteroatoms. The molecule has 0 saturated carbocycles. The maximum absolute atomic E-state index is 13.2. The topological polar surface area (TPSA) is 55.1 Å². The van der Waals surface area contributed by atoms with E-state index in [0.29, 0.717) is 35.7 Å². The molecule has 0 N–H and O–H groups in total. The molecule has 31 heavy (non-hydrogen) atoms. The second-order valence-electron chi connectivity index (χ2n) is 7.21. The molecule has 2 aromatic heterocycles. The molecule has 1 aliphatic rings. The fourth-order valence-electron chi connectivity index (χ4n) is 3.43. The van der Waals surface area contributed by atoms with Gasteiger partial charge in [0.2, 0.25) is 11.7 Å². The second-order valence-corrected chi connectivity index (χ2v) is 7.21. The molecule has 3 heterocycles. The minimum Gasteiger partial charge on any atom is -0.337 e. The Bertz CT molecular complexity index is 1100. The van der Waals surface area contributed by atoms with Crippen LogP contribution in [0.1, 0.15) is 42.3 Å². The van der Waals surface area contributed by atoms with Gasteiger partial charge >= 0.3 is 6.18 Å². The number of benzene rings is 1. The fraction of sp³-hybridized carbons (Fsp3) is 0.318. The Morgan fingerprint density at radius 2 is 1.97 bits per heavy atom. The van der Waals surface area contributed by atoms with Gasteiger partial charge in [0.15, 0.2) is 0 Å². The number of halogens is 4. The van der Waals surface area contributed by atoms with Crippen molar-refractivity contribution < 1.29 is 22.1 Å². The van der Waals surface area contributed by atoms with Crippen LogP contribution in [0.5, 0.6) is 0 Å². The van der Waals surface area contributed by atoms with Crippen LogP contribution < -0.4 is 0 Å². The summed E-state index contributed by atoms with van der Waals surface area (Å²) in [5.74, 6) is 5.98. The smallest absolute Gasteiger partial charge is 0.337 e. The average Bonchev–Trinajstić information content (AvgIpc) is 3.40. The highest BCUT2D eigenvalue weighted by atomic mass is 19.4. The summed E-state index contributed by atoms with van der Waals surface area (Å²) in [6.45, 7) is 0.470. The minimum atomic E-state index is -4.20. The lowest BCUT2D eigenvalue weighted by Crippen LogP contribution is -2.28. The van der Waals surface area contributed by atoms with Gasteiger partial charge in [-0.05, 0) is 49.7 Å². The first-order chi connectivity index (χ1) is 14.9. The standard InChI is InChI=1S/C22H18F4N4O/c23-17-4-1-3-15(13-17)6-7-16-8-9-18(27-14-16)20-28-21(31-29-20)19-5-2-11-30(19)12-10-22(24,25)26/h1,3-4,8-9,13-14,19H,2,5,10-12H2. The molecule has 1 aliphatic heterocycles. The monoisotopic (exact) mass is 430 g/mol. The molecule has 0 bridgehead atoms. The van der Waals surface area contributed by atoms with Crippen LogP contribution in [0.4, 0.5) is 17.6 Å². The van der Waals surface area contributed by atoms with Crippen LogP contribution in [-0.2, 0) is 0 Å². The maximum Gasteiger partial charge on any atom is 0.390 e. The van der Waals surface area contributed by atoms with Crippen LogP contribution in [0.3, 0.4) is 0 Å². The Morgan fingerprint density at radius 1 is 1.13 bits per heavy atom. The van der Waals surface area contributed by atoms with E-state index in [1.807, 2.05) is 0 Å². The first kappa shape index (κ1) is 21.0. The molecule has 4 rings (SSSR count). The van der Waals surface area contributed by atoms with Gasteiger partial charge in [-0.15, -0.1) is 0 Å². The summed E-state index contributed by atoms with van der Waals surface area (Å²) in [4.78, 5) is 10.4. The van der Waals surface area contributed by atoms with Gasteiger partial charge in [0.1, 0.15) is 11.5 Å². The van der Waals surface area contributed by atoms with E-state index in [2.05, 4.69) is 27.0 Å². The number of nitrogens with zero attached hydrogens (tertiary/aromatic N) is 4. The van der Waals surface area contributed by atoms with E-state index in [4.69, 9.17) is 4.52 Å². The molecule has 1 unspecified atom stereocenters. The van der Waals surface area contributed by atoms with Crippen molar-refractivity contribution in [3.63, 3.8) is 0 Å². The molecule has 1 fully saturated rings. The van der Waals surface area contributed by atoms with Crippen molar-refractivity contribution in [2.75, 3.05) is 13.1 Å². The van der Waals surface area contributed by atoms with Gasteiger partial charge < -0.3 is 4.52 Å².